The predicted molar refractivity (Wildman–Crippen MR) is 58.3 cm³/mol. The van der Waals surface area contributed by atoms with Crippen molar-refractivity contribution in [2.24, 2.45) is 0 Å². The van der Waals surface area contributed by atoms with Crippen LogP contribution in [0.3, 0.4) is 0 Å². The van der Waals surface area contributed by atoms with Crippen molar-refractivity contribution in [2.75, 3.05) is 0 Å². The van der Waals surface area contributed by atoms with Crippen LogP contribution >= 0.6 is 11.3 Å². The lowest BCUT2D eigenvalue weighted by Crippen LogP contribution is -1.86. The Labute approximate surface area is 87.0 Å². The van der Waals surface area contributed by atoms with Crippen LogP contribution in [-0.2, 0) is 6.42 Å². The SMILES string of the molecule is Cc1cc(Cc2cccc(F)c2)cs1. The van der Waals surface area contributed by atoms with E-state index in [1.807, 2.05) is 6.07 Å². The average Bonchev–Trinajstić information content (AvgIpc) is 2.51. The smallest absolute Gasteiger partial charge is 0.123 e. The van der Waals surface area contributed by atoms with Crippen LogP contribution in [0, 0.1) is 12.7 Å². The molecule has 0 atom stereocenters. The van der Waals surface area contributed by atoms with Gasteiger partial charge in [-0.3, -0.25) is 0 Å². The fourth-order valence-electron chi connectivity index (χ4n) is 1.47. The molecule has 0 nitrogen and oxygen atoms in total. The van der Waals surface area contributed by atoms with Gasteiger partial charge in [0.05, 0.1) is 0 Å². The quantitative estimate of drug-likeness (QED) is 0.701. The molecule has 1 heterocycles. The van der Waals surface area contributed by atoms with E-state index in [0.29, 0.717) is 0 Å². The van der Waals surface area contributed by atoms with Gasteiger partial charge in [-0.1, -0.05) is 12.1 Å². The Morgan fingerprint density at radius 2 is 2.07 bits per heavy atom. The Morgan fingerprint density at radius 1 is 1.21 bits per heavy atom. The van der Waals surface area contributed by atoms with Crippen molar-refractivity contribution in [3.63, 3.8) is 0 Å². The normalized spacial score (nSPS) is 10.4. The molecule has 0 saturated carbocycles. The number of rotatable bonds is 2. The Morgan fingerprint density at radius 3 is 2.71 bits per heavy atom. The van der Waals surface area contributed by atoms with Gasteiger partial charge in [0, 0.05) is 4.88 Å². The molecule has 0 N–H and O–H groups in total. The van der Waals surface area contributed by atoms with Crippen molar-refractivity contribution < 1.29 is 4.39 Å². The summed E-state index contributed by atoms with van der Waals surface area (Å²) < 4.78 is 12.9. The van der Waals surface area contributed by atoms with Crippen LogP contribution in [-0.4, -0.2) is 0 Å². The fourth-order valence-corrected chi connectivity index (χ4v) is 2.18. The van der Waals surface area contributed by atoms with Gasteiger partial charge < -0.3 is 0 Å². The largest absolute Gasteiger partial charge is 0.207 e. The van der Waals surface area contributed by atoms with Crippen LogP contribution < -0.4 is 0 Å². The van der Waals surface area contributed by atoms with Crippen molar-refractivity contribution in [2.45, 2.75) is 13.3 Å². The molecule has 14 heavy (non-hydrogen) atoms. The zero-order chi connectivity index (χ0) is 9.97. The third-order valence-electron chi connectivity index (χ3n) is 2.08. The van der Waals surface area contributed by atoms with Gasteiger partial charge in [-0.25, -0.2) is 4.39 Å². The minimum atomic E-state index is -0.158. The highest BCUT2D eigenvalue weighted by atomic mass is 32.1. The molecule has 2 heteroatoms. The van der Waals surface area contributed by atoms with E-state index in [0.717, 1.165) is 12.0 Å². The second-order valence-electron chi connectivity index (χ2n) is 3.37. The van der Waals surface area contributed by atoms with Crippen LogP contribution in [0.2, 0.25) is 0 Å². The summed E-state index contributed by atoms with van der Waals surface area (Å²) in [7, 11) is 0. The average molecular weight is 206 g/mol. The van der Waals surface area contributed by atoms with Crippen molar-refractivity contribution in [1.82, 2.24) is 0 Å². The molecule has 2 rings (SSSR count). The van der Waals surface area contributed by atoms with Crippen molar-refractivity contribution in [1.29, 1.82) is 0 Å². The molecule has 1 aromatic heterocycles. The van der Waals surface area contributed by atoms with E-state index in [9.17, 15) is 4.39 Å². The highest BCUT2D eigenvalue weighted by Gasteiger charge is 1.99. The molecule has 72 valence electrons. The van der Waals surface area contributed by atoms with Crippen molar-refractivity contribution in [3.8, 4) is 0 Å². The topological polar surface area (TPSA) is 0 Å². The summed E-state index contributed by atoms with van der Waals surface area (Å²) in [5, 5.41) is 2.13. The maximum absolute atomic E-state index is 12.9. The van der Waals surface area contributed by atoms with Gasteiger partial charge in [0.25, 0.3) is 0 Å². The molecule has 0 bridgehead atoms. The minimum absolute atomic E-state index is 0.158. The van der Waals surface area contributed by atoms with Gasteiger partial charge in [-0.15, -0.1) is 11.3 Å². The van der Waals surface area contributed by atoms with E-state index in [1.54, 1.807) is 23.5 Å². The lowest BCUT2D eigenvalue weighted by Gasteiger charge is -1.98. The predicted octanol–water partition coefficient (Wildman–Crippen LogP) is 3.79. The first-order valence-electron chi connectivity index (χ1n) is 4.52. The molecule has 0 aliphatic carbocycles. The maximum Gasteiger partial charge on any atom is 0.123 e. The van der Waals surface area contributed by atoms with E-state index < -0.39 is 0 Å². The Hall–Kier alpha value is -1.15. The summed E-state index contributed by atoms with van der Waals surface area (Å²) in [5.74, 6) is -0.158. The van der Waals surface area contributed by atoms with E-state index in [1.165, 1.54) is 16.5 Å². The van der Waals surface area contributed by atoms with Crippen LogP contribution in [0.25, 0.3) is 0 Å². The summed E-state index contributed by atoms with van der Waals surface area (Å²) in [5.41, 5.74) is 2.29. The van der Waals surface area contributed by atoms with Gasteiger partial charge in [-0.2, -0.15) is 0 Å². The molecule has 0 fully saturated rings. The number of hydrogen-bond acceptors (Lipinski definition) is 1. The third kappa shape index (κ3) is 2.20. The molecule has 0 amide bonds. The molecule has 0 spiro atoms. The Balaban J connectivity index is 2.18. The van der Waals surface area contributed by atoms with Gasteiger partial charge in [0.15, 0.2) is 0 Å². The van der Waals surface area contributed by atoms with E-state index in [-0.39, 0.29) is 5.82 Å². The summed E-state index contributed by atoms with van der Waals surface area (Å²) in [6.45, 7) is 2.08. The zero-order valence-corrected chi connectivity index (χ0v) is 8.77. The first-order chi connectivity index (χ1) is 6.74. The molecule has 0 unspecified atom stereocenters. The molecule has 0 aliphatic rings. The summed E-state index contributed by atoms with van der Waals surface area (Å²) >= 11 is 1.73. The second-order valence-corrected chi connectivity index (χ2v) is 4.49. The molecular formula is C12H11FS. The standard InChI is InChI=1S/C12H11FS/c1-9-5-11(8-14-9)6-10-3-2-4-12(13)7-10/h2-5,7-8H,6H2,1H3. The van der Waals surface area contributed by atoms with Gasteiger partial charge in [0.2, 0.25) is 0 Å². The Bertz CT molecular complexity index is 431. The first kappa shape index (κ1) is 9.41. The summed E-state index contributed by atoms with van der Waals surface area (Å²) in [6.07, 6.45) is 0.822. The number of hydrogen-bond donors (Lipinski definition) is 0. The highest BCUT2D eigenvalue weighted by Crippen LogP contribution is 2.17. The second kappa shape index (κ2) is 3.93. The minimum Gasteiger partial charge on any atom is -0.207 e. The Kier molecular flexibility index (Phi) is 2.64. The number of thiophene rings is 1. The van der Waals surface area contributed by atoms with Crippen LogP contribution in [0.4, 0.5) is 4.39 Å². The van der Waals surface area contributed by atoms with Crippen molar-refractivity contribution in [3.05, 3.63) is 57.5 Å². The fraction of sp³-hybridized carbons (Fsp3) is 0.167. The molecule has 1 aromatic carbocycles. The number of benzene rings is 1. The zero-order valence-electron chi connectivity index (χ0n) is 7.96. The maximum atomic E-state index is 12.9. The van der Waals surface area contributed by atoms with Gasteiger partial charge in [-0.05, 0) is 48.1 Å². The number of aryl methyl sites for hydroxylation is 1. The first-order valence-corrected chi connectivity index (χ1v) is 5.40. The molecule has 0 radical (unpaired) electrons. The molecule has 0 aliphatic heterocycles. The lowest BCUT2D eigenvalue weighted by atomic mass is 10.1. The van der Waals surface area contributed by atoms with Gasteiger partial charge in [0.1, 0.15) is 5.82 Å². The summed E-state index contributed by atoms with van der Waals surface area (Å²) in [6, 6.07) is 8.92. The monoisotopic (exact) mass is 206 g/mol. The van der Waals surface area contributed by atoms with Crippen molar-refractivity contribution >= 4 is 11.3 Å². The van der Waals surface area contributed by atoms with E-state index >= 15 is 0 Å². The lowest BCUT2D eigenvalue weighted by molar-refractivity contribution is 0.626. The molecular weight excluding hydrogens is 195 g/mol. The van der Waals surface area contributed by atoms with Crippen LogP contribution in [0.15, 0.2) is 35.7 Å². The number of halogens is 1. The van der Waals surface area contributed by atoms with Gasteiger partial charge >= 0.3 is 0 Å². The third-order valence-corrected chi connectivity index (χ3v) is 2.99. The highest BCUT2D eigenvalue weighted by molar-refractivity contribution is 7.10. The molecule has 0 saturated heterocycles. The van der Waals surface area contributed by atoms with Crippen LogP contribution in [0.5, 0.6) is 0 Å². The molecule has 2 aromatic rings. The van der Waals surface area contributed by atoms with E-state index in [4.69, 9.17) is 0 Å². The van der Waals surface area contributed by atoms with E-state index in [2.05, 4.69) is 18.4 Å². The summed E-state index contributed by atoms with van der Waals surface area (Å²) in [4.78, 5) is 1.30. The van der Waals surface area contributed by atoms with Crippen LogP contribution in [0.1, 0.15) is 16.0 Å².